The highest BCUT2D eigenvalue weighted by molar-refractivity contribution is 5.85. The molecule has 0 aromatic heterocycles. The van der Waals surface area contributed by atoms with E-state index in [0.717, 1.165) is 4.90 Å². The number of carbonyl (C=O) groups is 1. The Hall–Kier alpha value is -0.560. The first-order chi connectivity index (χ1) is 6.87. The lowest BCUT2D eigenvalue weighted by Crippen LogP contribution is -2.58. The van der Waals surface area contributed by atoms with Crippen LogP contribution in [0.4, 0.5) is 17.6 Å². The summed E-state index contributed by atoms with van der Waals surface area (Å²) in [6, 6.07) is -0.490. The van der Waals surface area contributed by atoms with Gasteiger partial charge in [-0.2, -0.15) is 8.78 Å². The number of piperazine rings is 1. The zero-order valence-corrected chi connectivity index (χ0v) is 9.37. The maximum atomic E-state index is 12.7. The average Bonchev–Trinajstić information content (AvgIpc) is 2.17. The monoisotopic (exact) mass is 264 g/mol. The van der Waals surface area contributed by atoms with Crippen molar-refractivity contribution in [2.45, 2.75) is 25.3 Å². The van der Waals surface area contributed by atoms with E-state index in [1.165, 1.54) is 6.92 Å². The molecule has 1 amide bonds. The van der Waals surface area contributed by atoms with Crippen molar-refractivity contribution in [2.75, 3.05) is 19.6 Å². The number of carbonyl (C=O) groups excluding carboxylic acids is 1. The second-order valence-corrected chi connectivity index (χ2v) is 3.48. The fraction of sp³-hybridized carbons (Fsp3) is 0.875. The second-order valence-electron chi connectivity index (χ2n) is 3.48. The molecule has 0 spiro atoms. The van der Waals surface area contributed by atoms with Gasteiger partial charge in [-0.1, -0.05) is 0 Å². The minimum absolute atomic E-state index is 0. The number of amides is 1. The minimum Gasteiger partial charge on any atom is -0.332 e. The molecule has 0 aliphatic carbocycles. The zero-order chi connectivity index (χ0) is 11.6. The number of hydrogen-bond acceptors (Lipinski definition) is 2. The van der Waals surface area contributed by atoms with Gasteiger partial charge in [0.1, 0.15) is 0 Å². The van der Waals surface area contributed by atoms with Crippen molar-refractivity contribution in [1.29, 1.82) is 0 Å². The van der Waals surface area contributed by atoms with Crippen molar-refractivity contribution in [1.82, 2.24) is 10.2 Å². The summed E-state index contributed by atoms with van der Waals surface area (Å²) in [6.07, 6.45) is -3.95. The van der Waals surface area contributed by atoms with E-state index in [1.807, 2.05) is 0 Å². The Balaban J connectivity index is 0.00000225. The highest BCUT2D eigenvalue weighted by atomic mass is 35.5. The molecule has 0 saturated carbocycles. The van der Waals surface area contributed by atoms with Crippen molar-refractivity contribution in [3.63, 3.8) is 0 Å². The van der Waals surface area contributed by atoms with Crippen LogP contribution in [0, 0.1) is 0 Å². The van der Waals surface area contributed by atoms with E-state index in [4.69, 9.17) is 0 Å². The van der Waals surface area contributed by atoms with Crippen LogP contribution in [-0.4, -0.2) is 48.8 Å². The SMILES string of the molecule is CC1CNCCN1C(=O)C(F)(F)C(F)F.Cl. The van der Waals surface area contributed by atoms with Crippen molar-refractivity contribution in [2.24, 2.45) is 0 Å². The van der Waals surface area contributed by atoms with Gasteiger partial charge in [0.05, 0.1) is 0 Å². The highest BCUT2D eigenvalue weighted by Crippen LogP contribution is 2.26. The van der Waals surface area contributed by atoms with E-state index in [-0.39, 0.29) is 19.0 Å². The Labute approximate surface area is 96.6 Å². The maximum absolute atomic E-state index is 12.7. The Morgan fingerprint density at radius 3 is 2.50 bits per heavy atom. The molecule has 1 fully saturated rings. The molecule has 96 valence electrons. The summed E-state index contributed by atoms with van der Waals surface area (Å²) in [5.41, 5.74) is 0. The summed E-state index contributed by atoms with van der Waals surface area (Å²) in [4.78, 5) is 11.9. The molecular formula is C8H13ClF4N2O. The minimum atomic E-state index is -4.58. The number of nitrogens with one attached hydrogen (secondary N) is 1. The van der Waals surface area contributed by atoms with E-state index in [9.17, 15) is 22.4 Å². The van der Waals surface area contributed by atoms with Crippen LogP contribution in [0.3, 0.4) is 0 Å². The van der Waals surface area contributed by atoms with Crippen LogP contribution in [0.25, 0.3) is 0 Å². The Morgan fingerprint density at radius 1 is 1.50 bits per heavy atom. The molecule has 0 aromatic carbocycles. The first-order valence-electron chi connectivity index (χ1n) is 4.55. The van der Waals surface area contributed by atoms with Crippen LogP contribution < -0.4 is 5.32 Å². The first kappa shape index (κ1) is 15.4. The summed E-state index contributed by atoms with van der Waals surface area (Å²) >= 11 is 0. The van der Waals surface area contributed by atoms with Gasteiger partial charge in [0.2, 0.25) is 0 Å². The van der Waals surface area contributed by atoms with E-state index < -0.39 is 24.3 Å². The fourth-order valence-corrected chi connectivity index (χ4v) is 1.43. The smallest absolute Gasteiger partial charge is 0.332 e. The van der Waals surface area contributed by atoms with Crippen molar-refractivity contribution < 1.29 is 22.4 Å². The lowest BCUT2D eigenvalue weighted by Gasteiger charge is -2.35. The van der Waals surface area contributed by atoms with Gasteiger partial charge in [-0.15, -0.1) is 12.4 Å². The van der Waals surface area contributed by atoms with Crippen LogP contribution in [0.2, 0.25) is 0 Å². The lowest BCUT2D eigenvalue weighted by molar-refractivity contribution is -0.183. The molecule has 1 aliphatic heterocycles. The third kappa shape index (κ3) is 2.98. The fourth-order valence-electron chi connectivity index (χ4n) is 1.43. The van der Waals surface area contributed by atoms with Gasteiger partial charge in [0.15, 0.2) is 0 Å². The summed E-state index contributed by atoms with van der Waals surface area (Å²) in [6.45, 7) is 2.24. The largest absolute Gasteiger partial charge is 0.383 e. The standard InChI is InChI=1S/C8H12F4N2O.ClH/c1-5-4-13-2-3-14(5)7(15)8(11,12)6(9)10;/h5-6,13H,2-4H2,1H3;1H. The molecule has 1 unspecified atom stereocenters. The molecule has 1 rings (SSSR count). The predicted octanol–water partition coefficient (Wildman–Crippen LogP) is 1.13. The van der Waals surface area contributed by atoms with E-state index >= 15 is 0 Å². The van der Waals surface area contributed by atoms with Gasteiger partial charge in [0, 0.05) is 25.7 Å². The van der Waals surface area contributed by atoms with Gasteiger partial charge in [-0.05, 0) is 6.92 Å². The van der Waals surface area contributed by atoms with Gasteiger partial charge >= 0.3 is 12.3 Å². The van der Waals surface area contributed by atoms with Crippen molar-refractivity contribution in [3.8, 4) is 0 Å². The molecule has 0 aromatic rings. The van der Waals surface area contributed by atoms with Crippen LogP contribution in [0.15, 0.2) is 0 Å². The van der Waals surface area contributed by atoms with Crippen LogP contribution in [0.5, 0.6) is 0 Å². The predicted molar refractivity (Wildman–Crippen MR) is 52.2 cm³/mol. The van der Waals surface area contributed by atoms with Crippen LogP contribution in [0.1, 0.15) is 6.92 Å². The third-order valence-corrected chi connectivity index (χ3v) is 2.32. The molecular weight excluding hydrogens is 252 g/mol. The highest BCUT2D eigenvalue weighted by Gasteiger charge is 2.52. The molecule has 16 heavy (non-hydrogen) atoms. The van der Waals surface area contributed by atoms with Crippen LogP contribution >= 0.6 is 12.4 Å². The molecule has 1 N–H and O–H groups in total. The number of hydrogen-bond donors (Lipinski definition) is 1. The summed E-state index contributed by atoms with van der Waals surface area (Å²) in [5, 5.41) is 2.87. The number of rotatable bonds is 2. The van der Waals surface area contributed by atoms with Gasteiger partial charge < -0.3 is 10.2 Å². The Bertz CT molecular complexity index is 252. The van der Waals surface area contributed by atoms with Crippen molar-refractivity contribution >= 4 is 18.3 Å². The Kier molecular flexibility index (Phi) is 5.48. The number of nitrogens with zero attached hydrogens (tertiary/aromatic N) is 1. The first-order valence-corrected chi connectivity index (χ1v) is 4.55. The zero-order valence-electron chi connectivity index (χ0n) is 8.55. The molecule has 0 bridgehead atoms. The summed E-state index contributed by atoms with van der Waals surface area (Å²) in [7, 11) is 0. The topological polar surface area (TPSA) is 32.3 Å². The number of halogens is 5. The van der Waals surface area contributed by atoms with Gasteiger partial charge in [0.25, 0.3) is 5.91 Å². The summed E-state index contributed by atoms with van der Waals surface area (Å²) in [5.74, 6) is -6.36. The quantitative estimate of drug-likeness (QED) is 0.759. The normalized spacial score (nSPS) is 21.9. The van der Waals surface area contributed by atoms with Gasteiger partial charge in [-0.3, -0.25) is 4.79 Å². The van der Waals surface area contributed by atoms with Crippen molar-refractivity contribution in [3.05, 3.63) is 0 Å². The van der Waals surface area contributed by atoms with Gasteiger partial charge in [-0.25, -0.2) is 8.78 Å². The molecule has 0 radical (unpaired) electrons. The van der Waals surface area contributed by atoms with E-state index in [2.05, 4.69) is 5.32 Å². The summed E-state index contributed by atoms with van der Waals surface area (Å²) < 4.78 is 49.3. The molecule has 1 aliphatic rings. The van der Waals surface area contributed by atoms with E-state index in [1.54, 1.807) is 0 Å². The average molecular weight is 265 g/mol. The number of alkyl halides is 4. The third-order valence-electron chi connectivity index (χ3n) is 2.32. The van der Waals surface area contributed by atoms with E-state index in [0.29, 0.717) is 13.1 Å². The maximum Gasteiger partial charge on any atom is 0.383 e. The van der Waals surface area contributed by atoms with Crippen LogP contribution in [-0.2, 0) is 4.79 Å². The molecule has 8 heteroatoms. The second kappa shape index (κ2) is 5.67. The molecule has 3 nitrogen and oxygen atoms in total. The Morgan fingerprint density at radius 2 is 2.06 bits per heavy atom. The molecule has 1 heterocycles. The lowest BCUT2D eigenvalue weighted by atomic mass is 10.2. The molecule has 1 saturated heterocycles. The molecule has 1 atom stereocenters.